The topological polar surface area (TPSA) is 98.7 Å². The number of urea groups is 1. The fourth-order valence-electron chi connectivity index (χ4n) is 2.15. The van der Waals surface area contributed by atoms with Crippen LogP contribution in [0.4, 0.5) is 10.5 Å². The van der Waals surface area contributed by atoms with Gasteiger partial charge in [0.15, 0.2) is 0 Å². The second-order valence-corrected chi connectivity index (χ2v) is 6.15. The second kappa shape index (κ2) is 7.21. The van der Waals surface area contributed by atoms with E-state index in [1.165, 1.54) is 18.2 Å². The highest BCUT2D eigenvalue weighted by molar-refractivity contribution is 7.99. The molecule has 1 aromatic rings. The summed E-state index contributed by atoms with van der Waals surface area (Å²) in [6, 6.07) is 3.57. The zero-order valence-electron chi connectivity index (χ0n) is 11.5. The van der Waals surface area contributed by atoms with Gasteiger partial charge in [-0.05, 0) is 42.4 Å². The summed E-state index contributed by atoms with van der Waals surface area (Å²) >= 11 is 1.94. The normalized spacial score (nSPS) is 15.4. The molecule has 0 aliphatic carbocycles. The van der Waals surface area contributed by atoms with Crippen molar-refractivity contribution in [2.24, 2.45) is 5.92 Å². The van der Waals surface area contributed by atoms with E-state index in [0.29, 0.717) is 18.2 Å². The maximum Gasteiger partial charge on any atom is 0.339 e. The Hall–Kier alpha value is -1.89. The molecule has 6 nitrogen and oxygen atoms in total. The number of carbonyl (C=O) groups is 2. The molecule has 0 unspecified atom stereocenters. The molecular formula is C14H18N2O4S. The Morgan fingerprint density at radius 1 is 1.29 bits per heavy atom. The third kappa shape index (κ3) is 4.56. The van der Waals surface area contributed by atoms with Crippen LogP contribution in [-0.2, 0) is 0 Å². The fraction of sp³-hybridized carbons (Fsp3) is 0.429. The van der Waals surface area contributed by atoms with Gasteiger partial charge in [-0.3, -0.25) is 0 Å². The highest BCUT2D eigenvalue weighted by Crippen LogP contribution is 2.23. The molecule has 0 aromatic heterocycles. The number of phenols is 1. The van der Waals surface area contributed by atoms with E-state index >= 15 is 0 Å². The van der Waals surface area contributed by atoms with Gasteiger partial charge < -0.3 is 20.8 Å². The number of aromatic hydroxyl groups is 1. The lowest BCUT2D eigenvalue weighted by atomic mass is 10.0. The Kier molecular flexibility index (Phi) is 5.32. The number of aromatic carboxylic acids is 1. The van der Waals surface area contributed by atoms with Crippen molar-refractivity contribution < 1.29 is 19.8 Å². The molecule has 0 atom stereocenters. The van der Waals surface area contributed by atoms with E-state index in [0.717, 1.165) is 24.3 Å². The van der Waals surface area contributed by atoms with Gasteiger partial charge in [-0.15, -0.1) is 0 Å². The van der Waals surface area contributed by atoms with Gasteiger partial charge in [0.1, 0.15) is 11.3 Å². The summed E-state index contributed by atoms with van der Waals surface area (Å²) in [5.74, 6) is 1.21. The van der Waals surface area contributed by atoms with Crippen LogP contribution in [0.15, 0.2) is 18.2 Å². The van der Waals surface area contributed by atoms with Crippen LogP contribution in [0.25, 0.3) is 0 Å². The highest BCUT2D eigenvalue weighted by atomic mass is 32.2. The smallest absolute Gasteiger partial charge is 0.339 e. The zero-order valence-corrected chi connectivity index (χ0v) is 12.3. The molecule has 21 heavy (non-hydrogen) atoms. The molecule has 7 heteroatoms. The number of carbonyl (C=O) groups excluding carboxylic acids is 1. The van der Waals surface area contributed by atoms with Gasteiger partial charge in [-0.2, -0.15) is 11.8 Å². The minimum atomic E-state index is -1.21. The number of anilines is 1. The van der Waals surface area contributed by atoms with Crippen molar-refractivity contribution in [1.29, 1.82) is 0 Å². The summed E-state index contributed by atoms with van der Waals surface area (Å²) in [4.78, 5) is 22.5. The number of benzene rings is 1. The minimum Gasteiger partial charge on any atom is -0.507 e. The molecule has 2 amide bonds. The maximum absolute atomic E-state index is 11.8. The van der Waals surface area contributed by atoms with Crippen molar-refractivity contribution in [3.8, 4) is 5.75 Å². The van der Waals surface area contributed by atoms with E-state index in [9.17, 15) is 14.7 Å². The standard InChI is InChI=1S/C14H18N2O4S/c17-12-7-10(1-2-11(12)13(18)19)16-14(20)15-8-9-3-5-21-6-4-9/h1-2,7,9,17H,3-6,8H2,(H,18,19)(H2,15,16,20). The van der Waals surface area contributed by atoms with Crippen LogP contribution in [0, 0.1) is 5.92 Å². The van der Waals surface area contributed by atoms with Crippen molar-refractivity contribution in [1.82, 2.24) is 5.32 Å². The summed E-state index contributed by atoms with van der Waals surface area (Å²) in [5.41, 5.74) is 0.162. The van der Waals surface area contributed by atoms with Crippen molar-refractivity contribution in [3.63, 3.8) is 0 Å². The Balaban J connectivity index is 1.84. The summed E-state index contributed by atoms with van der Waals surface area (Å²) in [6.07, 6.45) is 2.22. The number of amides is 2. The molecule has 1 aromatic carbocycles. The molecule has 1 saturated heterocycles. The SMILES string of the molecule is O=C(NCC1CCSCC1)Nc1ccc(C(=O)O)c(O)c1. The van der Waals surface area contributed by atoms with Gasteiger partial charge in [0.05, 0.1) is 0 Å². The van der Waals surface area contributed by atoms with Crippen LogP contribution in [-0.4, -0.2) is 40.3 Å². The number of hydrogen-bond donors (Lipinski definition) is 4. The maximum atomic E-state index is 11.8. The molecule has 2 rings (SSSR count). The number of nitrogens with one attached hydrogen (secondary N) is 2. The summed E-state index contributed by atoms with van der Waals surface area (Å²) in [7, 11) is 0. The van der Waals surface area contributed by atoms with Gasteiger partial charge in [0, 0.05) is 18.3 Å². The average molecular weight is 310 g/mol. The van der Waals surface area contributed by atoms with E-state index in [-0.39, 0.29) is 17.3 Å². The Labute approximate surface area is 126 Å². The van der Waals surface area contributed by atoms with Crippen LogP contribution in [0.5, 0.6) is 5.75 Å². The van der Waals surface area contributed by atoms with Crippen LogP contribution in [0.3, 0.4) is 0 Å². The predicted octanol–water partition coefficient (Wildman–Crippen LogP) is 2.36. The van der Waals surface area contributed by atoms with Crippen LogP contribution < -0.4 is 10.6 Å². The molecular weight excluding hydrogens is 292 g/mol. The monoisotopic (exact) mass is 310 g/mol. The predicted molar refractivity (Wildman–Crippen MR) is 82.1 cm³/mol. The first-order valence-electron chi connectivity index (χ1n) is 6.75. The first-order chi connectivity index (χ1) is 10.1. The van der Waals surface area contributed by atoms with E-state index < -0.39 is 5.97 Å². The molecule has 1 fully saturated rings. The second-order valence-electron chi connectivity index (χ2n) is 4.93. The lowest BCUT2D eigenvalue weighted by Crippen LogP contribution is -2.34. The molecule has 1 aliphatic rings. The Morgan fingerprint density at radius 2 is 2.00 bits per heavy atom. The molecule has 114 valence electrons. The van der Waals surface area contributed by atoms with Crippen LogP contribution in [0.1, 0.15) is 23.2 Å². The summed E-state index contributed by atoms with van der Waals surface area (Å²) < 4.78 is 0. The largest absolute Gasteiger partial charge is 0.507 e. The Bertz CT molecular complexity index is 530. The third-order valence-corrected chi connectivity index (χ3v) is 4.43. The summed E-state index contributed by atoms with van der Waals surface area (Å²) in [5, 5.41) is 23.7. The van der Waals surface area contributed by atoms with Crippen molar-refractivity contribution in [2.75, 3.05) is 23.4 Å². The molecule has 0 saturated carbocycles. The quantitative estimate of drug-likeness (QED) is 0.684. The van der Waals surface area contributed by atoms with E-state index in [1.807, 2.05) is 11.8 Å². The minimum absolute atomic E-state index is 0.194. The van der Waals surface area contributed by atoms with Crippen molar-refractivity contribution in [3.05, 3.63) is 23.8 Å². The lowest BCUT2D eigenvalue weighted by molar-refractivity contribution is 0.0694. The lowest BCUT2D eigenvalue weighted by Gasteiger charge is -2.21. The van der Waals surface area contributed by atoms with Gasteiger partial charge in [-0.1, -0.05) is 0 Å². The zero-order chi connectivity index (χ0) is 15.2. The Morgan fingerprint density at radius 3 is 2.62 bits per heavy atom. The molecule has 1 heterocycles. The van der Waals surface area contributed by atoms with E-state index in [2.05, 4.69) is 10.6 Å². The fourth-order valence-corrected chi connectivity index (χ4v) is 3.36. The first-order valence-corrected chi connectivity index (χ1v) is 7.90. The number of hydrogen-bond acceptors (Lipinski definition) is 4. The number of thioether (sulfide) groups is 1. The third-order valence-electron chi connectivity index (χ3n) is 3.38. The highest BCUT2D eigenvalue weighted by Gasteiger charge is 2.15. The molecule has 1 aliphatic heterocycles. The van der Waals surface area contributed by atoms with Gasteiger partial charge >= 0.3 is 12.0 Å². The molecule has 4 N–H and O–H groups in total. The number of rotatable bonds is 4. The van der Waals surface area contributed by atoms with Crippen LogP contribution in [0.2, 0.25) is 0 Å². The molecule has 0 bridgehead atoms. The average Bonchev–Trinajstić information content (AvgIpc) is 2.46. The molecule has 0 spiro atoms. The first kappa shape index (κ1) is 15.5. The molecule has 0 radical (unpaired) electrons. The van der Waals surface area contributed by atoms with E-state index in [4.69, 9.17) is 5.11 Å². The number of carboxylic acids is 1. The van der Waals surface area contributed by atoms with Crippen molar-refractivity contribution in [2.45, 2.75) is 12.8 Å². The number of carboxylic acid groups (broad SMARTS) is 1. The van der Waals surface area contributed by atoms with Crippen LogP contribution >= 0.6 is 11.8 Å². The van der Waals surface area contributed by atoms with Gasteiger partial charge in [0.2, 0.25) is 0 Å². The van der Waals surface area contributed by atoms with E-state index in [1.54, 1.807) is 0 Å². The van der Waals surface area contributed by atoms with Gasteiger partial charge in [-0.25, -0.2) is 9.59 Å². The van der Waals surface area contributed by atoms with Crippen molar-refractivity contribution >= 4 is 29.4 Å². The summed E-state index contributed by atoms with van der Waals surface area (Å²) in [6.45, 7) is 0.631. The van der Waals surface area contributed by atoms with Gasteiger partial charge in [0.25, 0.3) is 0 Å².